The van der Waals surface area contributed by atoms with Crippen LogP contribution in [-0.2, 0) is 6.42 Å². The first-order chi connectivity index (χ1) is 12.8. The minimum absolute atomic E-state index is 0.0410. The maximum absolute atomic E-state index is 12.9. The molecule has 0 bridgehead atoms. The molecule has 136 valence electrons. The van der Waals surface area contributed by atoms with E-state index in [1.54, 1.807) is 0 Å². The number of carbonyl (C=O) groups is 1. The molecular formula is C22H27N3O. The minimum atomic E-state index is 0.0410. The predicted molar refractivity (Wildman–Crippen MR) is 105 cm³/mol. The summed E-state index contributed by atoms with van der Waals surface area (Å²) in [6.07, 6.45) is 4.37. The molecule has 0 aliphatic carbocycles. The molecule has 2 fully saturated rings. The Kier molecular flexibility index (Phi) is 5.21. The quantitative estimate of drug-likeness (QED) is 0.910. The van der Waals surface area contributed by atoms with Crippen molar-refractivity contribution in [3.05, 3.63) is 65.7 Å². The molecule has 0 aromatic heterocycles. The first-order valence-electron chi connectivity index (χ1n) is 9.71. The summed E-state index contributed by atoms with van der Waals surface area (Å²) in [5.74, 6) is 0. The Balaban J connectivity index is 1.45. The largest absolute Gasteiger partial charge is 0.323 e. The summed E-state index contributed by atoms with van der Waals surface area (Å²) >= 11 is 0. The number of nitrogens with zero attached hydrogens (tertiary/aromatic N) is 2. The summed E-state index contributed by atoms with van der Waals surface area (Å²) in [5.41, 5.74) is 3.34. The summed E-state index contributed by atoms with van der Waals surface area (Å²) in [5, 5.41) is 3.18. The second-order valence-electron chi connectivity index (χ2n) is 7.38. The molecule has 2 amide bonds. The summed E-state index contributed by atoms with van der Waals surface area (Å²) in [7, 11) is 0. The Bertz CT molecular complexity index is 746. The molecule has 1 N–H and O–H groups in total. The fourth-order valence-corrected chi connectivity index (χ4v) is 4.20. The third kappa shape index (κ3) is 3.91. The number of benzene rings is 2. The number of hydrogen-bond acceptors (Lipinski definition) is 2. The van der Waals surface area contributed by atoms with Crippen LogP contribution in [0.25, 0.3) is 0 Å². The van der Waals surface area contributed by atoms with Crippen LogP contribution in [0.2, 0.25) is 0 Å². The Hall–Kier alpha value is -2.33. The van der Waals surface area contributed by atoms with E-state index >= 15 is 0 Å². The number of urea groups is 1. The lowest BCUT2D eigenvalue weighted by Crippen LogP contribution is -2.41. The number of nitrogens with one attached hydrogen (secondary N) is 1. The van der Waals surface area contributed by atoms with Crippen LogP contribution in [0.1, 0.15) is 30.4 Å². The van der Waals surface area contributed by atoms with E-state index in [1.165, 1.54) is 24.9 Å². The highest BCUT2D eigenvalue weighted by Crippen LogP contribution is 2.23. The zero-order valence-electron chi connectivity index (χ0n) is 15.2. The van der Waals surface area contributed by atoms with Crippen LogP contribution in [0.4, 0.5) is 10.5 Å². The number of amides is 2. The lowest BCUT2D eigenvalue weighted by Gasteiger charge is -2.26. The molecule has 4 nitrogen and oxygen atoms in total. The van der Waals surface area contributed by atoms with Crippen LogP contribution in [0.3, 0.4) is 0 Å². The molecule has 4 rings (SSSR count). The van der Waals surface area contributed by atoms with Gasteiger partial charge in [0.05, 0.1) is 0 Å². The Morgan fingerprint density at radius 3 is 2.62 bits per heavy atom. The van der Waals surface area contributed by atoms with Gasteiger partial charge in [0.1, 0.15) is 0 Å². The standard InChI is InChI=1S/C22H27N3O/c26-22(25-15-7-14-24-13-6-11-20(24)17-25)23-21-12-5-4-10-19(21)16-18-8-2-1-3-9-18/h1-5,8-10,12,20H,6-7,11,13-17H2,(H,23,26)/t20-/m1/s1. The smallest absolute Gasteiger partial charge is 0.321 e. The third-order valence-corrected chi connectivity index (χ3v) is 5.59. The zero-order chi connectivity index (χ0) is 17.8. The fraction of sp³-hybridized carbons (Fsp3) is 0.409. The van der Waals surface area contributed by atoms with Gasteiger partial charge in [-0.05, 0) is 49.4 Å². The van der Waals surface area contributed by atoms with Crippen molar-refractivity contribution in [1.29, 1.82) is 0 Å². The van der Waals surface area contributed by atoms with E-state index in [2.05, 4.69) is 40.5 Å². The molecule has 2 aliphatic rings. The highest BCUT2D eigenvalue weighted by molar-refractivity contribution is 5.90. The van der Waals surface area contributed by atoms with Crippen LogP contribution in [0.5, 0.6) is 0 Å². The van der Waals surface area contributed by atoms with Crippen molar-refractivity contribution in [1.82, 2.24) is 9.80 Å². The van der Waals surface area contributed by atoms with Crippen molar-refractivity contribution >= 4 is 11.7 Å². The number of hydrogen-bond donors (Lipinski definition) is 1. The van der Waals surface area contributed by atoms with Gasteiger partial charge >= 0.3 is 6.03 Å². The minimum Gasteiger partial charge on any atom is -0.323 e. The van der Waals surface area contributed by atoms with Gasteiger partial charge in [-0.3, -0.25) is 4.90 Å². The molecule has 0 radical (unpaired) electrons. The first kappa shape index (κ1) is 17.1. The molecule has 2 aromatic carbocycles. The fourth-order valence-electron chi connectivity index (χ4n) is 4.20. The van der Waals surface area contributed by atoms with Gasteiger partial charge in [0.25, 0.3) is 0 Å². The summed E-state index contributed by atoms with van der Waals surface area (Å²) in [6, 6.07) is 19.1. The van der Waals surface area contributed by atoms with E-state index in [-0.39, 0.29) is 6.03 Å². The molecule has 2 heterocycles. The molecule has 2 aromatic rings. The molecule has 0 spiro atoms. The van der Waals surface area contributed by atoms with Gasteiger partial charge in [0, 0.05) is 31.4 Å². The van der Waals surface area contributed by atoms with E-state index in [1.807, 2.05) is 29.2 Å². The molecule has 26 heavy (non-hydrogen) atoms. The van der Waals surface area contributed by atoms with Crippen molar-refractivity contribution in [2.45, 2.75) is 31.7 Å². The number of rotatable bonds is 3. The normalized spacial score (nSPS) is 20.5. The van der Waals surface area contributed by atoms with Crippen LogP contribution in [0, 0.1) is 0 Å². The van der Waals surface area contributed by atoms with E-state index < -0.39 is 0 Å². The molecule has 0 unspecified atom stereocenters. The van der Waals surface area contributed by atoms with E-state index in [4.69, 9.17) is 0 Å². The van der Waals surface area contributed by atoms with E-state index in [0.29, 0.717) is 6.04 Å². The molecule has 4 heteroatoms. The molecule has 2 saturated heterocycles. The van der Waals surface area contributed by atoms with Crippen molar-refractivity contribution in [3.8, 4) is 0 Å². The van der Waals surface area contributed by atoms with E-state index in [9.17, 15) is 4.79 Å². The summed E-state index contributed by atoms with van der Waals surface area (Å²) in [6.45, 7) is 4.02. The maximum Gasteiger partial charge on any atom is 0.321 e. The van der Waals surface area contributed by atoms with Crippen molar-refractivity contribution < 1.29 is 4.79 Å². The molecule has 0 saturated carbocycles. The van der Waals surface area contributed by atoms with Crippen LogP contribution in [-0.4, -0.2) is 48.1 Å². The Labute approximate surface area is 155 Å². The van der Waals surface area contributed by atoms with Gasteiger partial charge < -0.3 is 10.2 Å². The van der Waals surface area contributed by atoms with Gasteiger partial charge in [0.15, 0.2) is 0 Å². The van der Waals surface area contributed by atoms with Crippen LogP contribution < -0.4 is 5.32 Å². The first-order valence-corrected chi connectivity index (χ1v) is 9.71. The van der Waals surface area contributed by atoms with Crippen LogP contribution >= 0.6 is 0 Å². The summed E-state index contributed by atoms with van der Waals surface area (Å²) < 4.78 is 0. The second kappa shape index (κ2) is 7.92. The molecular weight excluding hydrogens is 322 g/mol. The highest BCUT2D eigenvalue weighted by Gasteiger charge is 2.30. The van der Waals surface area contributed by atoms with Gasteiger partial charge in [-0.25, -0.2) is 4.79 Å². The average molecular weight is 349 g/mol. The van der Waals surface area contributed by atoms with Crippen molar-refractivity contribution in [2.75, 3.05) is 31.5 Å². The summed E-state index contributed by atoms with van der Waals surface area (Å²) in [4.78, 5) is 17.5. The van der Waals surface area contributed by atoms with Gasteiger partial charge in [-0.2, -0.15) is 0 Å². The average Bonchev–Trinajstić information content (AvgIpc) is 3.01. The Morgan fingerprint density at radius 2 is 1.73 bits per heavy atom. The highest BCUT2D eigenvalue weighted by atomic mass is 16.2. The third-order valence-electron chi connectivity index (χ3n) is 5.59. The van der Waals surface area contributed by atoms with Crippen molar-refractivity contribution in [3.63, 3.8) is 0 Å². The van der Waals surface area contributed by atoms with Gasteiger partial charge in [-0.15, -0.1) is 0 Å². The number of fused-ring (bicyclic) bond motifs is 1. The topological polar surface area (TPSA) is 35.6 Å². The monoisotopic (exact) mass is 349 g/mol. The lowest BCUT2D eigenvalue weighted by molar-refractivity contribution is 0.200. The SMILES string of the molecule is O=C(Nc1ccccc1Cc1ccccc1)N1CCCN2CCC[C@@H]2C1. The van der Waals surface area contributed by atoms with Gasteiger partial charge in [0.2, 0.25) is 0 Å². The van der Waals surface area contributed by atoms with Gasteiger partial charge in [-0.1, -0.05) is 48.5 Å². The zero-order valence-corrected chi connectivity index (χ0v) is 15.2. The van der Waals surface area contributed by atoms with Crippen molar-refractivity contribution in [2.24, 2.45) is 0 Å². The molecule has 1 atom stereocenters. The van der Waals surface area contributed by atoms with E-state index in [0.717, 1.165) is 43.7 Å². The predicted octanol–water partition coefficient (Wildman–Crippen LogP) is 3.98. The number of para-hydroxylation sites is 1. The maximum atomic E-state index is 12.9. The number of carbonyl (C=O) groups excluding carboxylic acids is 1. The molecule has 2 aliphatic heterocycles. The second-order valence-corrected chi connectivity index (χ2v) is 7.38. The number of anilines is 1. The van der Waals surface area contributed by atoms with Crippen LogP contribution in [0.15, 0.2) is 54.6 Å². The Morgan fingerprint density at radius 1 is 0.962 bits per heavy atom. The lowest BCUT2D eigenvalue weighted by atomic mass is 10.0.